The molecule has 0 aromatic heterocycles. The lowest BCUT2D eigenvalue weighted by Gasteiger charge is -2.14. The van der Waals surface area contributed by atoms with Crippen molar-refractivity contribution in [2.45, 2.75) is 12.4 Å². The van der Waals surface area contributed by atoms with Gasteiger partial charge in [-0.25, -0.2) is 0 Å². The van der Waals surface area contributed by atoms with Crippen molar-refractivity contribution >= 4 is 17.7 Å². The van der Waals surface area contributed by atoms with Crippen molar-refractivity contribution in [1.82, 2.24) is 0 Å². The molecule has 2 aromatic carbocycles. The van der Waals surface area contributed by atoms with E-state index in [2.05, 4.69) is 0 Å². The van der Waals surface area contributed by atoms with Crippen LogP contribution in [0.2, 0.25) is 0 Å². The van der Waals surface area contributed by atoms with Gasteiger partial charge in [0.2, 0.25) is 5.91 Å². The molecular formula is C18H13F6NO2. The van der Waals surface area contributed by atoms with E-state index in [4.69, 9.17) is 4.74 Å². The summed E-state index contributed by atoms with van der Waals surface area (Å²) in [7, 11) is 1.47. The van der Waals surface area contributed by atoms with Crippen molar-refractivity contribution in [1.29, 1.82) is 0 Å². The quantitative estimate of drug-likeness (QED) is 0.563. The predicted molar refractivity (Wildman–Crippen MR) is 87.1 cm³/mol. The van der Waals surface area contributed by atoms with Crippen molar-refractivity contribution in [3.05, 3.63) is 65.2 Å². The van der Waals surface area contributed by atoms with E-state index in [1.54, 1.807) is 24.3 Å². The third-order valence-corrected chi connectivity index (χ3v) is 3.40. The van der Waals surface area contributed by atoms with Crippen molar-refractivity contribution in [2.24, 2.45) is 0 Å². The number of methoxy groups -OCH3 is 1. The lowest BCUT2D eigenvalue weighted by Crippen LogP contribution is -2.14. The molecule has 27 heavy (non-hydrogen) atoms. The Kier molecular flexibility index (Phi) is 5.82. The number of halogens is 6. The van der Waals surface area contributed by atoms with E-state index in [-0.39, 0.29) is 6.07 Å². The predicted octanol–water partition coefficient (Wildman–Crippen LogP) is 5.38. The van der Waals surface area contributed by atoms with Crippen molar-refractivity contribution < 1.29 is 35.9 Å². The summed E-state index contributed by atoms with van der Waals surface area (Å²) in [4.78, 5) is 11.8. The van der Waals surface area contributed by atoms with E-state index < -0.39 is 35.1 Å². The molecule has 1 amide bonds. The molecule has 0 aliphatic carbocycles. The van der Waals surface area contributed by atoms with Gasteiger partial charge in [-0.2, -0.15) is 26.3 Å². The molecule has 0 aliphatic heterocycles. The van der Waals surface area contributed by atoms with E-state index in [9.17, 15) is 31.1 Å². The highest BCUT2D eigenvalue weighted by Gasteiger charge is 2.37. The lowest BCUT2D eigenvalue weighted by molar-refractivity contribution is -0.143. The van der Waals surface area contributed by atoms with Crippen LogP contribution in [-0.2, 0) is 17.1 Å². The zero-order valence-electron chi connectivity index (χ0n) is 13.8. The van der Waals surface area contributed by atoms with Gasteiger partial charge >= 0.3 is 12.4 Å². The fraction of sp³-hybridized carbons (Fsp3) is 0.167. The Labute approximate surface area is 150 Å². The van der Waals surface area contributed by atoms with E-state index in [1.807, 2.05) is 5.32 Å². The Morgan fingerprint density at radius 3 is 1.89 bits per heavy atom. The number of amides is 1. The van der Waals surface area contributed by atoms with Gasteiger partial charge in [0.1, 0.15) is 5.75 Å². The van der Waals surface area contributed by atoms with Crippen LogP contribution in [0.15, 0.2) is 48.5 Å². The molecule has 0 spiro atoms. The van der Waals surface area contributed by atoms with Crippen molar-refractivity contribution in [2.75, 3.05) is 12.4 Å². The van der Waals surface area contributed by atoms with Crippen LogP contribution in [0.25, 0.3) is 6.08 Å². The highest BCUT2D eigenvalue weighted by Crippen LogP contribution is 2.37. The highest BCUT2D eigenvalue weighted by atomic mass is 19.4. The maximum absolute atomic E-state index is 12.8. The largest absolute Gasteiger partial charge is 0.497 e. The average Bonchev–Trinajstić information content (AvgIpc) is 2.58. The normalized spacial score (nSPS) is 12.3. The van der Waals surface area contributed by atoms with Crippen molar-refractivity contribution in [3.63, 3.8) is 0 Å². The van der Waals surface area contributed by atoms with Gasteiger partial charge in [0, 0.05) is 11.8 Å². The summed E-state index contributed by atoms with van der Waals surface area (Å²) in [5, 5.41) is 2.01. The Bertz CT molecular complexity index is 806. The van der Waals surface area contributed by atoms with E-state index >= 15 is 0 Å². The highest BCUT2D eigenvalue weighted by molar-refractivity contribution is 6.02. The first-order valence-corrected chi connectivity index (χ1v) is 7.41. The Morgan fingerprint density at radius 1 is 0.926 bits per heavy atom. The van der Waals surface area contributed by atoms with Gasteiger partial charge in [0.25, 0.3) is 0 Å². The number of alkyl halides is 6. The molecule has 0 saturated heterocycles. The monoisotopic (exact) mass is 389 g/mol. The van der Waals surface area contributed by atoms with Crippen molar-refractivity contribution in [3.8, 4) is 5.75 Å². The first-order valence-electron chi connectivity index (χ1n) is 7.41. The van der Waals surface area contributed by atoms with E-state index in [0.717, 1.165) is 6.08 Å². The maximum atomic E-state index is 12.8. The van der Waals surface area contributed by atoms with Gasteiger partial charge in [0.15, 0.2) is 0 Å². The topological polar surface area (TPSA) is 38.3 Å². The fourth-order valence-corrected chi connectivity index (χ4v) is 2.10. The summed E-state index contributed by atoms with van der Waals surface area (Å²) in [6.07, 6.45) is -7.62. The minimum absolute atomic E-state index is 0.0111. The van der Waals surface area contributed by atoms with Crippen LogP contribution in [0, 0.1) is 0 Å². The molecule has 0 saturated carbocycles. The summed E-state index contributed by atoms with van der Waals surface area (Å²) in [6.45, 7) is 0. The molecular weight excluding hydrogens is 376 g/mol. The van der Waals surface area contributed by atoms with E-state index in [0.29, 0.717) is 23.4 Å². The van der Waals surface area contributed by atoms with Crippen LogP contribution in [0.3, 0.4) is 0 Å². The van der Waals surface area contributed by atoms with Crippen LogP contribution in [0.5, 0.6) is 5.75 Å². The summed E-state index contributed by atoms with van der Waals surface area (Å²) in [5.74, 6) is -0.293. The molecule has 1 N–H and O–H groups in total. The number of nitrogens with one attached hydrogen (secondary N) is 1. The molecule has 0 fully saturated rings. The van der Waals surface area contributed by atoms with Crippen LogP contribution in [0.4, 0.5) is 32.0 Å². The average molecular weight is 389 g/mol. The molecule has 144 valence electrons. The van der Waals surface area contributed by atoms with Crippen LogP contribution in [-0.4, -0.2) is 13.0 Å². The van der Waals surface area contributed by atoms with Gasteiger partial charge in [-0.15, -0.1) is 0 Å². The molecule has 0 aliphatic rings. The number of hydrogen-bond acceptors (Lipinski definition) is 2. The van der Waals surface area contributed by atoms with Gasteiger partial charge in [-0.3, -0.25) is 4.79 Å². The van der Waals surface area contributed by atoms with Crippen LogP contribution < -0.4 is 10.1 Å². The molecule has 9 heteroatoms. The molecule has 0 atom stereocenters. The SMILES string of the molecule is COc1ccc(C=CC(=O)Nc2cc(C(F)(F)F)cc(C(F)(F)F)c2)cc1. The molecule has 0 unspecified atom stereocenters. The second-order valence-corrected chi connectivity index (χ2v) is 5.39. The number of carbonyl (C=O) groups is 1. The minimum Gasteiger partial charge on any atom is -0.497 e. The second-order valence-electron chi connectivity index (χ2n) is 5.39. The molecule has 0 radical (unpaired) electrons. The van der Waals surface area contributed by atoms with E-state index in [1.165, 1.54) is 13.2 Å². The number of hydrogen-bond donors (Lipinski definition) is 1. The summed E-state index contributed by atoms with van der Waals surface area (Å²) in [5.41, 5.74) is -3.04. The van der Waals surface area contributed by atoms with Gasteiger partial charge < -0.3 is 10.1 Å². The Balaban J connectivity index is 2.21. The maximum Gasteiger partial charge on any atom is 0.416 e. The number of carbonyl (C=O) groups excluding carboxylic acids is 1. The summed E-state index contributed by atoms with van der Waals surface area (Å²) < 4.78 is 81.8. The first-order chi connectivity index (χ1) is 12.5. The molecule has 3 nitrogen and oxygen atoms in total. The summed E-state index contributed by atoms with van der Waals surface area (Å²) >= 11 is 0. The molecule has 0 heterocycles. The van der Waals surface area contributed by atoms with Gasteiger partial charge in [-0.05, 0) is 42.0 Å². The number of anilines is 1. The number of benzene rings is 2. The Hall–Kier alpha value is -2.97. The first kappa shape index (κ1) is 20.3. The minimum atomic E-state index is -4.99. The molecule has 2 aromatic rings. The van der Waals surface area contributed by atoms with Crippen LogP contribution >= 0.6 is 0 Å². The summed E-state index contributed by atoms with van der Waals surface area (Å²) in [6, 6.07) is 7.36. The van der Waals surface area contributed by atoms with Gasteiger partial charge in [-0.1, -0.05) is 12.1 Å². The standard InChI is InChI=1S/C18H13F6NO2/c1-27-15-5-2-11(3-6-15)4-7-16(26)25-14-9-12(17(19,20)21)8-13(10-14)18(22,23)24/h2-10H,1H3,(H,25,26). The zero-order valence-corrected chi connectivity index (χ0v) is 13.8. The lowest BCUT2D eigenvalue weighted by atomic mass is 10.1. The third-order valence-electron chi connectivity index (χ3n) is 3.40. The zero-order chi connectivity index (χ0) is 20.2. The second kappa shape index (κ2) is 7.73. The Morgan fingerprint density at radius 2 is 1.44 bits per heavy atom. The molecule has 2 rings (SSSR count). The number of ether oxygens (including phenoxy) is 1. The smallest absolute Gasteiger partial charge is 0.416 e. The number of rotatable bonds is 4. The molecule has 0 bridgehead atoms. The third kappa shape index (κ3) is 5.77. The van der Waals surface area contributed by atoms with Crippen LogP contribution in [0.1, 0.15) is 16.7 Å². The van der Waals surface area contributed by atoms with Gasteiger partial charge in [0.05, 0.1) is 18.2 Å². The fourth-order valence-electron chi connectivity index (χ4n) is 2.10.